The fourth-order valence-corrected chi connectivity index (χ4v) is 3.56. The Morgan fingerprint density at radius 2 is 2.10 bits per heavy atom. The molecule has 1 N–H and O–H groups in total. The zero-order valence-electron chi connectivity index (χ0n) is 16.5. The lowest BCUT2D eigenvalue weighted by atomic mass is 9.97. The summed E-state index contributed by atoms with van der Waals surface area (Å²) < 4.78 is 38.3. The van der Waals surface area contributed by atoms with Gasteiger partial charge in [0.15, 0.2) is 0 Å². The highest BCUT2D eigenvalue weighted by Gasteiger charge is 2.20. The highest BCUT2D eigenvalue weighted by Crippen LogP contribution is 2.28. The van der Waals surface area contributed by atoms with Crippen molar-refractivity contribution in [3.05, 3.63) is 59.3 Å². The Bertz CT molecular complexity index is 1050. The van der Waals surface area contributed by atoms with E-state index in [0.717, 1.165) is 43.0 Å². The average Bonchev–Trinajstić information content (AvgIpc) is 3.17. The fraction of sp³-hybridized carbons (Fsp3) is 0.381. The van der Waals surface area contributed by atoms with Crippen LogP contribution in [-0.2, 0) is 16.1 Å². The van der Waals surface area contributed by atoms with E-state index in [1.807, 2.05) is 16.7 Å². The quantitative estimate of drug-likeness (QED) is 0.658. The summed E-state index contributed by atoms with van der Waals surface area (Å²) in [4.78, 5) is 21.1. The van der Waals surface area contributed by atoms with Gasteiger partial charge in [0.25, 0.3) is 12.3 Å². The van der Waals surface area contributed by atoms with Crippen LogP contribution in [0.15, 0.2) is 36.7 Å². The van der Waals surface area contributed by atoms with E-state index >= 15 is 0 Å². The third-order valence-corrected chi connectivity index (χ3v) is 5.11. The van der Waals surface area contributed by atoms with Gasteiger partial charge < -0.3 is 19.2 Å². The molecular weight excluding hydrogens is 394 g/mol. The first-order chi connectivity index (χ1) is 14.5. The normalized spacial score (nSPS) is 15.1. The number of nitrogens with zero attached hydrogens (tertiary/aromatic N) is 3. The number of hydrogen-bond acceptors (Lipinski definition) is 5. The molecule has 0 radical (unpaired) electrons. The number of ether oxygens (including phenoxy) is 2. The number of aromatic nitrogens is 3. The first kappa shape index (κ1) is 20.4. The molecule has 1 aliphatic heterocycles. The molecule has 0 saturated carbocycles. The van der Waals surface area contributed by atoms with Gasteiger partial charge in [-0.15, -0.1) is 0 Å². The summed E-state index contributed by atoms with van der Waals surface area (Å²) in [5, 5.41) is 2.76. The number of hydrogen-bond donors (Lipinski definition) is 1. The van der Waals surface area contributed by atoms with Gasteiger partial charge in [-0.2, -0.15) is 0 Å². The van der Waals surface area contributed by atoms with Gasteiger partial charge in [-0.3, -0.25) is 4.79 Å². The first-order valence-corrected chi connectivity index (χ1v) is 9.70. The van der Waals surface area contributed by atoms with E-state index in [4.69, 9.17) is 14.5 Å². The van der Waals surface area contributed by atoms with Crippen LogP contribution >= 0.6 is 0 Å². The molecule has 0 spiro atoms. The second-order valence-electron chi connectivity index (χ2n) is 7.17. The van der Waals surface area contributed by atoms with Crippen LogP contribution in [-0.4, -0.2) is 40.6 Å². The molecule has 4 rings (SSSR count). The molecule has 0 bridgehead atoms. The molecule has 0 atom stereocenters. The van der Waals surface area contributed by atoms with Crippen molar-refractivity contribution >= 4 is 17.2 Å². The number of pyridine rings is 2. The topological polar surface area (TPSA) is 77.8 Å². The molecule has 4 heterocycles. The van der Waals surface area contributed by atoms with Gasteiger partial charge in [-0.1, -0.05) is 6.07 Å². The Balaban J connectivity index is 1.64. The molecule has 3 aromatic rings. The number of alkyl halides is 2. The number of nitrogens with one attached hydrogen (secondary N) is 1. The second kappa shape index (κ2) is 8.85. The minimum absolute atomic E-state index is 0.0789. The van der Waals surface area contributed by atoms with Crippen LogP contribution < -0.4 is 5.32 Å². The minimum atomic E-state index is -2.74. The largest absolute Gasteiger partial charge is 0.381 e. The van der Waals surface area contributed by atoms with Crippen LogP contribution in [0.5, 0.6) is 0 Å². The van der Waals surface area contributed by atoms with Crippen molar-refractivity contribution in [2.24, 2.45) is 0 Å². The molecule has 0 unspecified atom stereocenters. The first-order valence-electron chi connectivity index (χ1n) is 9.70. The number of carbonyl (C=O) groups is 1. The lowest BCUT2D eigenvalue weighted by Gasteiger charge is -2.19. The third kappa shape index (κ3) is 4.31. The summed E-state index contributed by atoms with van der Waals surface area (Å²) >= 11 is 0. The van der Waals surface area contributed by atoms with Gasteiger partial charge in [0, 0.05) is 44.2 Å². The van der Waals surface area contributed by atoms with Gasteiger partial charge in [-0.25, -0.2) is 18.7 Å². The number of amides is 1. The lowest BCUT2D eigenvalue weighted by Crippen LogP contribution is -2.16. The Kier molecular flexibility index (Phi) is 6.01. The summed E-state index contributed by atoms with van der Waals surface area (Å²) in [6.07, 6.45) is 2.81. The van der Waals surface area contributed by atoms with E-state index in [0.29, 0.717) is 11.6 Å². The summed E-state index contributed by atoms with van der Waals surface area (Å²) in [5.41, 5.74) is 2.45. The maximum absolute atomic E-state index is 12.9. The van der Waals surface area contributed by atoms with E-state index < -0.39 is 18.0 Å². The molecule has 3 aromatic heterocycles. The monoisotopic (exact) mass is 416 g/mol. The lowest BCUT2D eigenvalue weighted by molar-refractivity contribution is 0.0846. The number of carbonyl (C=O) groups excluding carboxylic acids is 1. The van der Waals surface area contributed by atoms with Crippen LogP contribution in [0.3, 0.4) is 0 Å². The summed E-state index contributed by atoms with van der Waals surface area (Å²) in [6, 6.07) is 5.83. The molecule has 1 amide bonds. The van der Waals surface area contributed by atoms with E-state index in [1.165, 1.54) is 18.2 Å². The highest BCUT2D eigenvalue weighted by atomic mass is 19.3. The van der Waals surface area contributed by atoms with Gasteiger partial charge in [-0.05, 0) is 31.0 Å². The van der Waals surface area contributed by atoms with Gasteiger partial charge in [0.05, 0.1) is 18.0 Å². The van der Waals surface area contributed by atoms with Crippen molar-refractivity contribution in [2.45, 2.75) is 31.8 Å². The molecule has 30 heavy (non-hydrogen) atoms. The Labute approximate surface area is 172 Å². The smallest absolute Gasteiger partial charge is 0.280 e. The second-order valence-corrected chi connectivity index (χ2v) is 7.17. The van der Waals surface area contributed by atoms with Crippen molar-refractivity contribution < 1.29 is 23.0 Å². The van der Waals surface area contributed by atoms with Crippen molar-refractivity contribution in [1.82, 2.24) is 14.4 Å². The Morgan fingerprint density at radius 3 is 2.83 bits per heavy atom. The van der Waals surface area contributed by atoms with E-state index in [1.54, 1.807) is 13.3 Å². The van der Waals surface area contributed by atoms with Gasteiger partial charge in [0.1, 0.15) is 17.0 Å². The highest BCUT2D eigenvalue weighted by molar-refractivity contribution is 6.03. The number of halogens is 2. The van der Waals surface area contributed by atoms with Crippen LogP contribution in [0.2, 0.25) is 0 Å². The van der Waals surface area contributed by atoms with Crippen molar-refractivity contribution in [1.29, 1.82) is 0 Å². The Morgan fingerprint density at radius 1 is 1.30 bits per heavy atom. The Hall–Kier alpha value is -2.91. The van der Waals surface area contributed by atoms with E-state index in [2.05, 4.69) is 10.3 Å². The van der Waals surface area contributed by atoms with E-state index in [-0.39, 0.29) is 12.3 Å². The fourth-order valence-electron chi connectivity index (χ4n) is 3.56. The molecular formula is C21H22F2N4O3. The van der Waals surface area contributed by atoms with Crippen molar-refractivity contribution in [2.75, 3.05) is 25.6 Å². The van der Waals surface area contributed by atoms with Gasteiger partial charge >= 0.3 is 0 Å². The maximum atomic E-state index is 12.9. The third-order valence-electron chi connectivity index (χ3n) is 5.11. The predicted octanol–water partition coefficient (Wildman–Crippen LogP) is 3.96. The van der Waals surface area contributed by atoms with Crippen LogP contribution in [0.25, 0.3) is 5.65 Å². The van der Waals surface area contributed by atoms with Crippen LogP contribution in [0.1, 0.15) is 52.6 Å². The summed E-state index contributed by atoms with van der Waals surface area (Å²) in [6.45, 7) is 1.70. The molecule has 0 aliphatic carbocycles. The van der Waals surface area contributed by atoms with Crippen LogP contribution in [0, 0.1) is 0 Å². The van der Waals surface area contributed by atoms with Crippen molar-refractivity contribution in [3.8, 4) is 0 Å². The molecule has 9 heteroatoms. The number of methoxy groups -OCH3 is 1. The SMILES string of the molecule is COCc1cc2nc(C3CCOCC3)cn2cc1NC(=O)c1cccc(C(F)F)n1. The molecule has 7 nitrogen and oxygen atoms in total. The number of rotatable bonds is 6. The molecule has 0 aromatic carbocycles. The molecule has 1 fully saturated rings. The predicted molar refractivity (Wildman–Crippen MR) is 106 cm³/mol. The number of anilines is 1. The zero-order valence-corrected chi connectivity index (χ0v) is 16.5. The van der Waals surface area contributed by atoms with E-state index in [9.17, 15) is 13.6 Å². The summed E-state index contributed by atoms with van der Waals surface area (Å²) in [7, 11) is 1.56. The van der Waals surface area contributed by atoms with Crippen molar-refractivity contribution in [3.63, 3.8) is 0 Å². The number of fused-ring (bicyclic) bond motifs is 1. The molecule has 1 saturated heterocycles. The molecule has 158 valence electrons. The van der Waals surface area contributed by atoms with Crippen LogP contribution in [0.4, 0.5) is 14.5 Å². The summed E-state index contributed by atoms with van der Waals surface area (Å²) in [5.74, 6) is -0.233. The maximum Gasteiger partial charge on any atom is 0.280 e. The minimum Gasteiger partial charge on any atom is -0.381 e. The van der Waals surface area contributed by atoms with Gasteiger partial charge in [0.2, 0.25) is 0 Å². The number of imidazole rings is 1. The standard InChI is InChI=1S/C21H22F2N4O3/c1-29-12-14-9-19-25-17(13-5-7-30-8-6-13)10-27(19)11-18(14)26-21(28)16-4-2-3-15(24-16)20(22)23/h2-4,9-11,13,20H,5-8,12H2,1H3,(H,26,28). The zero-order chi connectivity index (χ0) is 21.1. The molecule has 1 aliphatic rings. The average molecular weight is 416 g/mol.